The molecule has 0 aromatic rings. The van der Waals surface area contributed by atoms with Crippen LogP contribution in [-0.4, -0.2) is 140 Å². The van der Waals surface area contributed by atoms with E-state index in [1.54, 1.807) is 6.08 Å². The molecule has 2 rings (SSSR count). The van der Waals surface area contributed by atoms with Gasteiger partial charge in [0.1, 0.15) is 48.8 Å². The first-order chi connectivity index (χ1) is 47.1. The first kappa shape index (κ1) is 87.7. The third kappa shape index (κ3) is 46.8. The summed E-state index contributed by atoms with van der Waals surface area (Å²) in [5, 5.41) is 87.5. The Bertz CT molecular complexity index is 2220. The lowest BCUT2D eigenvalue weighted by molar-refractivity contribution is -0.359. The lowest BCUT2D eigenvalue weighted by atomic mass is 9.97. The van der Waals surface area contributed by atoms with Crippen LogP contribution in [0.25, 0.3) is 0 Å². The first-order valence-corrected chi connectivity index (χ1v) is 37.7. The number of amides is 1. The van der Waals surface area contributed by atoms with Crippen LogP contribution in [0.15, 0.2) is 158 Å². The van der Waals surface area contributed by atoms with Crippen molar-refractivity contribution in [1.82, 2.24) is 5.32 Å². The Morgan fingerprint density at radius 2 is 0.719 bits per heavy atom. The highest BCUT2D eigenvalue weighted by Crippen LogP contribution is 2.30. The molecule has 2 aliphatic rings. The van der Waals surface area contributed by atoms with E-state index < -0.39 is 86.8 Å². The zero-order valence-corrected chi connectivity index (χ0v) is 59.5. The Labute approximate surface area is 582 Å². The van der Waals surface area contributed by atoms with Crippen LogP contribution >= 0.6 is 0 Å². The Kier molecular flexibility index (Phi) is 58.5. The van der Waals surface area contributed by atoms with Crippen LogP contribution < -0.4 is 5.32 Å². The van der Waals surface area contributed by atoms with Gasteiger partial charge in [-0.15, -0.1) is 0 Å². The SMILES string of the molecule is CC/C=C\C/C=C\C/C=C\C/C=C\C/C=C\C/C=C\C/C=C\C/C=C\C/C=C\C/C=C\C/C=C\C/C=C\CCCCC(=O)NC(COC1OC(CO)C(OC2OC(CO)C(O)C(O)C2O)C(O)C1O)C(O)/C=C/CCCCCCCCCCCCCCCCCCCCCCC. The summed E-state index contributed by atoms with van der Waals surface area (Å²) in [6.07, 6.45) is 81.6. The second-order valence-corrected chi connectivity index (χ2v) is 25.7. The number of ether oxygens (including phenoxy) is 4. The van der Waals surface area contributed by atoms with Crippen LogP contribution in [0, 0.1) is 0 Å². The molecule has 2 aliphatic heterocycles. The fraction of sp³-hybridized carbons (Fsp3) is 0.671. The largest absolute Gasteiger partial charge is 0.394 e. The van der Waals surface area contributed by atoms with E-state index in [4.69, 9.17) is 18.9 Å². The van der Waals surface area contributed by atoms with Gasteiger partial charge in [0.2, 0.25) is 5.91 Å². The zero-order chi connectivity index (χ0) is 69.4. The molecule has 2 saturated heterocycles. The van der Waals surface area contributed by atoms with Gasteiger partial charge in [0.05, 0.1) is 32.0 Å². The average Bonchev–Trinajstić information content (AvgIpc) is 0.806. The van der Waals surface area contributed by atoms with Crippen LogP contribution in [0.4, 0.5) is 0 Å². The first-order valence-electron chi connectivity index (χ1n) is 37.7. The van der Waals surface area contributed by atoms with Crippen molar-refractivity contribution in [3.05, 3.63) is 158 Å². The van der Waals surface area contributed by atoms with Crippen molar-refractivity contribution in [3.63, 3.8) is 0 Å². The summed E-state index contributed by atoms with van der Waals surface area (Å²) in [6.45, 7) is 2.67. The van der Waals surface area contributed by atoms with Crippen molar-refractivity contribution in [2.24, 2.45) is 0 Å². The number of aliphatic hydroxyl groups excluding tert-OH is 8. The van der Waals surface area contributed by atoms with Crippen LogP contribution in [0.2, 0.25) is 0 Å². The van der Waals surface area contributed by atoms with Crippen molar-refractivity contribution in [2.75, 3.05) is 19.8 Å². The predicted octanol–water partition coefficient (Wildman–Crippen LogP) is 16.6. The molecule has 0 aliphatic carbocycles. The molecule has 546 valence electrons. The van der Waals surface area contributed by atoms with Gasteiger partial charge in [-0.25, -0.2) is 0 Å². The molecule has 0 aromatic carbocycles. The van der Waals surface area contributed by atoms with E-state index in [0.29, 0.717) is 6.42 Å². The molecule has 0 saturated carbocycles. The molecule has 2 heterocycles. The second kappa shape index (κ2) is 64.0. The Balaban J connectivity index is 1.69. The normalized spacial score (nSPS) is 23.2. The third-order valence-electron chi connectivity index (χ3n) is 17.2. The highest BCUT2D eigenvalue weighted by Gasteiger charge is 2.51. The Hall–Kier alpha value is -4.39. The van der Waals surface area contributed by atoms with E-state index in [9.17, 15) is 45.6 Å². The summed E-state index contributed by atoms with van der Waals surface area (Å²) < 4.78 is 22.8. The molecule has 12 atom stereocenters. The van der Waals surface area contributed by atoms with Gasteiger partial charge in [0.25, 0.3) is 0 Å². The monoisotopic (exact) mass is 1340 g/mol. The maximum Gasteiger partial charge on any atom is 0.220 e. The van der Waals surface area contributed by atoms with E-state index in [1.165, 1.54) is 116 Å². The number of nitrogens with one attached hydrogen (secondary N) is 1. The van der Waals surface area contributed by atoms with Gasteiger partial charge in [0, 0.05) is 6.42 Å². The molecule has 14 nitrogen and oxygen atoms in total. The van der Waals surface area contributed by atoms with Gasteiger partial charge in [0.15, 0.2) is 12.6 Å². The van der Waals surface area contributed by atoms with Gasteiger partial charge in [-0.2, -0.15) is 0 Å². The summed E-state index contributed by atoms with van der Waals surface area (Å²) >= 11 is 0. The fourth-order valence-electron chi connectivity index (χ4n) is 11.3. The molecule has 96 heavy (non-hydrogen) atoms. The topological polar surface area (TPSA) is 228 Å². The van der Waals surface area contributed by atoms with Crippen LogP contribution in [-0.2, 0) is 23.7 Å². The molecule has 9 N–H and O–H groups in total. The summed E-state index contributed by atoms with van der Waals surface area (Å²) in [7, 11) is 0. The molecular formula is C82H135NO13. The summed E-state index contributed by atoms with van der Waals surface area (Å²) in [5.74, 6) is -0.286. The van der Waals surface area contributed by atoms with Gasteiger partial charge in [-0.05, 0) is 109 Å². The van der Waals surface area contributed by atoms with Crippen molar-refractivity contribution in [2.45, 2.75) is 331 Å². The maximum atomic E-state index is 13.3. The van der Waals surface area contributed by atoms with Crippen LogP contribution in [0.5, 0.6) is 0 Å². The minimum Gasteiger partial charge on any atom is -0.394 e. The van der Waals surface area contributed by atoms with Gasteiger partial charge in [-0.3, -0.25) is 4.79 Å². The average molecular weight is 1340 g/mol. The smallest absolute Gasteiger partial charge is 0.220 e. The molecule has 14 heteroatoms. The van der Waals surface area contributed by atoms with Crippen LogP contribution in [0.3, 0.4) is 0 Å². The molecule has 0 spiro atoms. The van der Waals surface area contributed by atoms with E-state index in [0.717, 1.165) is 116 Å². The predicted molar refractivity (Wildman–Crippen MR) is 396 cm³/mol. The lowest BCUT2D eigenvalue weighted by Crippen LogP contribution is -2.65. The fourth-order valence-corrected chi connectivity index (χ4v) is 11.3. The minimum absolute atomic E-state index is 0.216. The number of rotatable bonds is 60. The number of allylic oxidation sites excluding steroid dienone is 25. The van der Waals surface area contributed by atoms with Crippen molar-refractivity contribution in [1.29, 1.82) is 0 Å². The number of unbranched alkanes of at least 4 members (excludes halogenated alkanes) is 23. The summed E-state index contributed by atoms with van der Waals surface area (Å²) in [4.78, 5) is 13.3. The minimum atomic E-state index is -1.80. The molecule has 2 fully saturated rings. The van der Waals surface area contributed by atoms with E-state index in [-0.39, 0.29) is 18.9 Å². The molecule has 1 amide bonds. The van der Waals surface area contributed by atoms with Crippen molar-refractivity contribution in [3.8, 4) is 0 Å². The van der Waals surface area contributed by atoms with E-state index >= 15 is 0 Å². The van der Waals surface area contributed by atoms with Gasteiger partial charge >= 0.3 is 0 Å². The molecule has 0 radical (unpaired) electrons. The van der Waals surface area contributed by atoms with Gasteiger partial charge in [-0.1, -0.05) is 300 Å². The third-order valence-corrected chi connectivity index (χ3v) is 17.2. The molecular weight excluding hydrogens is 1210 g/mol. The number of carbonyl (C=O) groups excluding carboxylic acids is 1. The number of aliphatic hydroxyl groups is 8. The molecule has 0 aromatic heterocycles. The van der Waals surface area contributed by atoms with Crippen molar-refractivity contribution < 1.29 is 64.6 Å². The quantitative estimate of drug-likeness (QED) is 0.0204. The Morgan fingerprint density at radius 3 is 1.10 bits per heavy atom. The van der Waals surface area contributed by atoms with E-state index in [1.807, 2.05) is 6.08 Å². The highest BCUT2D eigenvalue weighted by atomic mass is 16.7. The summed E-state index contributed by atoms with van der Waals surface area (Å²) in [6, 6.07) is -0.952. The Morgan fingerprint density at radius 1 is 0.385 bits per heavy atom. The lowest BCUT2D eigenvalue weighted by Gasteiger charge is -2.46. The number of hydrogen-bond acceptors (Lipinski definition) is 13. The number of hydrogen-bond donors (Lipinski definition) is 9. The zero-order valence-electron chi connectivity index (χ0n) is 59.5. The highest BCUT2D eigenvalue weighted by molar-refractivity contribution is 5.76. The van der Waals surface area contributed by atoms with Crippen LogP contribution in [0.1, 0.15) is 258 Å². The number of carbonyl (C=O) groups is 1. The standard InChI is InChI=1S/C82H135NO13/c1-3-5-7-9-11-13-15-17-19-21-23-25-27-28-29-30-31-32-33-34-35-36-37-38-39-40-41-42-44-46-48-50-52-54-56-58-60-62-64-66-74(87)83-70(69-93-81-79(92)77(90)80(73(68-85)95-81)96-82-78(91)76(89)75(88)72(67-84)94-82)71(86)65-63-61-59-57-55-53-51-49-47-45-43-26-24-22-20-18-16-14-12-10-8-6-4-2/h5,7,11,13,17,19,23,25,28-29,31-32,34-35,37-38,40-41,44,46,50,52,56,58,63,65,70-73,75-82,84-86,88-92H,3-4,6,8-10,12,14-16,18,20-22,24,26-27,30,33,36,39,42-43,45,47-49,51,53-55,57,59-62,64,66-69H2,1-2H3,(H,83,87)/b7-5-,13-11-,19-17-,25-23-,29-28-,32-31-,35-34-,38-37-,41-40-,46-44-,52-50-,58-56-,65-63+. The van der Waals surface area contributed by atoms with Gasteiger partial charge < -0.3 is 65.1 Å². The maximum absolute atomic E-state index is 13.3. The second-order valence-electron chi connectivity index (χ2n) is 25.7. The van der Waals surface area contributed by atoms with Crippen molar-refractivity contribution >= 4 is 5.91 Å². The van der Waals surface area contributed by atoms with E-state index in [2.05, 4.69) is 165 Å². The summed E-state index contributed by atoms with van der Waals surface area (Å²) in [5.41, 5.74) is 0. The molecule has 0 bridgehead atoms. The molecule has 12 unspecified atom stereocenters.